The van der Waals surface area contributed by atoms with E-state index in [1.165, 1.54) is 24.8 Å². The predicted molar refractivity (Wildman–Crippen MR) is 94.7 cm³/mol. The molecule has 3 heteroatoms. The maximum Gasteiger partial charge on any atom is 0.494 e. The van der Waals surface area contributed by atoms with Crippen molar-refractivity contribution in [3.05, 3.63) is 29.8 Å². The van der Waals surface area contributed by atoms with Crippen LogP contribution in [-0.4, -0.2) is 18.3 Å². The van der Waals surface area contributed by atoms with Crippen LogP contribution in [0, 0.1) is 0 Å². The minimum absolute atomic E-state index is 0.265. The second kappa shape index (κ2) is 6.01. The normalized spacial score (nSPS) is 20.4. The van der Waals surface area contributed by atoms with Gasteiger partial charge in [-0.1, -0.05) is 45.0 Å². The van der Waals surface area contributed by atoms with E-state index in [-0.39, 0.29) is 18.3 Å². The average molecular weight is 302 g/mol. The number of hydrogen-bond acceptors (Lipinski definition) is 2. The van der Waals surface area contributed by atoms with Gasteiger partial charge in [0.05, 0.1) is 11.2 Å². The highest BCUT2D eigenvalue weighted by Gasteiger charge is 2.51. The molecule has 0 atom stereocenters. The van der Waals surface area contributed by atoms with Gasteiger partial charge >= 0.3 is 7.12 Å². The summed E-state index contributed by atoms with van der Waals surface area (Å²) in [7, 11) is -0.265. The molecule has 1 aromatic rings. The third-order valence-electron chi connectivity index (χ3n) is 6.08. The molecule has 0 bridgehead atoms. The van der Waals surface area contributed by atoms with Crippen LogP contribution in [-0.2, 0) is 14.7 Å². The summed E-state index contributed by atoms with van der Waals surface area (Å²) >= 11 is 0. The van der Waals surface area contributed by atoms with Gasteiger partial charge in [0.1, 0.15) is 0 Å². The summed E-state index contributed by atoms with van der Waals surface area (Å²) in [6, 6.07) is 8.87. The Balaban J connectivity index is 2.24. The van der Waals surface area contributed by atoms with Crippen molar-refractivity contribution in [3.63, 3.8) is 0 Å². The second-order valence-corrected chi connectivity index (χ2v) is 7.55. The summed E-state index contributed by atoms with van der Waals surface area (Å²) in [5, 5.41) is 0. The van der Waals surface area contributed by atoms with Crippen LogP contribution in [0.25, 0.3) is 0 Å². The Morgan fingerprint density at radius 2 is 1.23 bits per heavy atom. The van der Waals surface area contributed by atoms with E-state index in [4.69, 9.17) is 9.31 Å². The third kappa shape index (κ3) is 2.86. The van der Waals surface area contributed by atoms with E-state index in [1.54, 1.807) is 0 Å². The highest BCUT2D eigenvalue weighted by molar-refractivity contribution is 6.62. The first-order chi connectivity index (χ1) is 10.2. The largest absolute Gasteiger partial charge is 0.494 e. The summed E-state index contributed by atoms with van der Waals surface area (Å²) < 4.78 is 12.3. The molecule has 0 spiro atoms. The topological polar surface area (TPSA) is 18.5 Å². The first kappa shape index (κ1) is 17.6. The maximum absolute atomic E-state index is 6.13. The Morgan fingerprint density at radius 1 is 0.818 bits per heavy atom. The van der Waals surface area contributed by atoms with Crippen molar-refractivity contribution in [2.75, 3.05) is 0 Å². The Kier molecular flexibility index (Phi) is 4.80. The lowest BCUT2D eigenvalue weighted by molar-refractivity contribution is 0.00578. The fourth-order valence-corrected chi connectivity index (χ4v) is 3.34. The lowest BCUT2D eigenvalue weighted by Crippen LogP contribution is -2.41. The fraction of sp³-hybridized carbons (Fsp3) is 0.684. The number of benzene rings is 1. The fourth-order valence-electron chi connectivity index (χ4n) is 3.34. The molecule has 0 saturated carbocycles. The van der Waals surface area contributed by atoms with Crippen molar-refractivity contribution < 1.29 is 9.31 Å². The highest BCUT2D eigenvalue weighted by atomic mass is 16.7. The van der Waals surface area contributed by atoms with Gasteiger partial charge in [-0.25, -0.2) is 0 Å². The van der Waals surface area contributed by atoms with Crippen molar-refractivity contribution >= 4 is 12.6 Å². The summed E-state index contributed by atoms with van der Waals surface area (Å²) in [5.41, 5.74) is 2.28. The molecule has 1 aromatic carbocycles. The first-order valence-electron chi connectivity index (χ1n) is 8.67. The van der Waals surface area contributed by atoms with Crippen molar-refractivity contribution in [2.24, 2.45) is 0 Å². The van der Waals surface area contributed by atoms with E-state index in [9.17, 15) is 0 Å². The summed E-state index contributed by atoms with van der Waals surface area (Å²) in [4.78, 5) is 0. The second-order valence-electron chi connectivity index (χ2n) is 7.55. The van der Waals surface area contributed by atoms with Crippen molar-refractivity contribution in [2.45, 2.75) is 84.3 Å². The first-order valence-corrected chi connectivity index (χ1v) is 8.67. The van der Waals surface area contributed by atoms with Gasteiger partial charge in [-0.05, 0) is 63.4 Å². The standard InChI is InChI=1S/C19H31BO2/c1-8-19(9-2,10-3)15-11-13-16(14-12-15)20-21-17(4,5)18(6,7)22-20/h11-14H,8-10H2,1-7H3. The lowest BCUT2D eigenvalue weighted by Gasteiger charge is -2.32. The molecule has 1 heterocycles. The maximum atomic E-state index is 6.13. The van der Waals surface area contributed by atoms with E-state index >= 15 is 0 Å². The zero-order chi connectivity index (χ0) is 16.6. The summed E-state index contributed by atoms with van der Waals surface area (Å²) in [6.07, 6.45) is 3.53. The van der Waals surface area contributed by atoms with Gasteiger partial charge in [0.25, 0.3) is 0 Å². The number of hydrogen-bond donors (Lipinski definition) is 0. The molecule has 0 amide bonds. The lowest BCUT2D eigenvalue weighted by atomic mass is 9.71. The van der Waals surface area contributed by atoms with Crippen molar-refractivity contribution in [1.29, 1.82) is 0 Å². The smallest absolute Gasteiger partial charge is 0.399 e. The van der Waals surface area contributed by atoms with Gasteiger partial charge in [0.2, 0.25) is 0 Å². The van der Waals surface area contributed by atoms with Crippen LogP contribution < -0.4 is 5.46 Å². The Labute approximate surface area is 136 Å². The predicted octanol–water partition coefficient (Wildman–Crippen LogP) is 4.45. The van der Waals surface area contributed by atoms with E-state index in [0.29, 0.717) is 5.41 Å². The van der Waals surface area contributed by atoms with Crippen LogP contribution in [0.2, 0.25) is 0 Å². The summed E-state index contributed by atoms with van der Waals surface area (Å²) in [5.74, 6) is 0. The summed E-state index contributed by atoms with van der Waals surface area (Å²) in [6.45, 7) is 15.2. The molecule has 0 unspecified atom stereocenters. The monoisotopic (exact) mass is 302 g/mol. The van der Waals surface area contributed by atoms with E-state index < -0.39 is 0 Å². The van der Waals surface area contributed by atoms with Gasteiger partial charge in [-0.2, -0.15) is 0 Å². The highest BCUT2D eigenvalue weighted by Crippen LogP contribution is 2.37. The zero-order valence-electron chi connectivity index (χ0n) is 15.3. The third-order valence-corrected chi connectivity index (χ3v) is 6.08. The Hall–Kier alpha value is -0.795. The minimum atomic E-state index is -0.281. The van der Waals surface area contributed by atoms with Crippen LogP contribution in [0.5, 0.6) is 0 Å². The number of rotatable bonds is 5. The molecule has 0 N–H and O–H groups in total. The molecule has 0 aliphatic carbocycles. The molecular formula is C19H31BO2. The molecule has 122 valence electrons. The average Bonchev–Trinajstić information content (AvgIpc) is 2.71. The molecule has 22 heavy (non-hydrogen) atoms. The SMILES string of the molecule is CCC(CC)(CC)c1ccc(B2OC(C)(C)C(C)(C)O2)cc1. The van der Waals surface area contributed by atoms with E-state index in [1.807, 2.05) is 0 Å². The molecule has 0 aromatic heterocycles. The van der Waals surface area contributed by atoms with Crippen LogP contribution in [0.15, 0.2) is 24.3 Å². The molecule has 1 saturated heterocycles. The Bertz CT molecular complexity index is 476. The molecule has 1 aliphatic rings. The van der Waals surface area contributed by atoms with Gasteiger partial charge < -0.3 is 9.31 Å². The molecule has 1 fully saturated rings. The minimum Gasteiger partial charge on any atom is -0.399 e. The van der Waals surface area contributed by atoms with Gasteiger partial charge in [-0.15, -0.1) is 0 Å². The molecule has 2 nitrogen and oxygen atoms in total. The molecular weight excluding hydrogens is 271 g/mol. The van der Waals surface area contributed by atoms with Crippen LogP contribution >= 0.6 is 0 Å². The van der Waals surface area contributed by atoms with E-state index in [2.05, 4.69) is 72.7 Å². The van der Waals surface area contributed by atoms with Crippen molar-refractivity contribution in [3.8, 4) is 0 Å². The molecule has 1 aliphatic heterocycles. The van der Waals surface area contributed by atoms with Gasteiger partial charge in [-0.3, -0.25) is 0 Å². The van der Waals surface area contributed by atoms with Crippen LogP contribution in [0.1, 0.15) is 73.3 Å². The van der Waals surface area contributed by atoms with Gasteiger partial charge in [0, 0.05) is 0 Å². The Morgan fingerprint density at radius 3 is 1.59 bits per heavy atom. The van der Waals surface area contributed by atoms with Crippen molar-refractivity contribution in [1.82, 2.24) is 0 Å². The quantitative estimate of drug-likeness (QED) is 0.748. The molecule has 2 rings (SSSR count). The van der Waals surface area contributed by atoms with Gasteiger partial charge in [0.15, 0.2) is 0 Å². The molecule has 0 radical (unpaired) electrons. The van der Waals surface area contributed by atoms with E-state index in [0.717, 1.165) is 5.46 Å². The zero-order valence-corrected chi connectivity index (χ0v) is 15.3. The van der Waals surface area contributed by atoms with Crippen LogP contribution in [0.3, 0.4) is 0 Å². The van der Waals surface area contributed by atoms with Crippen LogP contribution in [0.4, 0.5) is 0 Å².